The summed E-state index contributed by atoms with van der Waals surface area (Å²) in [4.78, 5) is 0. The molecule has 1 aromatic carbocycles. The molecule has 0 amide bonds. The molecule has 0 spiro atoms. The first kappa shape index (κ1) is 16.5. The van der Waals surface area contributed by atoms with E-state index in [-0.39, 0.29) is 0 Å². The first-order chi connectivity index (χ1) is 9.74. The number of benzene rings is 1. The van der Waals surface area contributed by atoms with Crippen LogP contribution in [-0.2, 0) is 0 Å². The Morgan fingerprint density at radius 3 is 2.85 bits per heavy atom. The van der Waals surface area contributed by atoms with E-state index in [1.54, 1.807) is 0 Å². The molecule has 1 fully saturated rings. The minimum atomic E-state index is -0.472. The van der Waals surface area contributed by atoms with Crippen molar-refractivity contribution < 1.29 is 9.84 Å². The van der Waals surface area contributed by atoms with Crippen LogP contribution in [0.4, 0.5) is 0 Å². The second kappa shape index (κ2) is 9.20. The smallest absolute Gasteiger partial charge is 0.119 e. The first-order valence-corrected chi connectivity index (χ1v) is 9.70. The van der Waals surface area contributed by atoms with Crippen molar-refractivity contribution in [1.82, 2.24) is 5.32 Å². The van der Waals surface area contributed by atoms with Gasteiger partial charge in [-0.2, -0.15) is 23.5 Å². The minimum absolute atomic E-state index is 0.321. The van der Waals surface area contributed by atoms with E-state index in [0.717, 1.165) is 16.8 Å². The Balaban J connectivity index is 1.57. The van der Waals surface area contributed by atoms with Gasteiger partial charge in [0.15, 0.2) is 0 Å². The summed E-state index contributed by atoms with van der Waals surface area (Å²) >= 11 is 7.42. The molecule has 2 atom stereocenters. The Hall–Kier alpha value is 0.120. The van der Waals surface area contributed by atoms with E-state index in [2.05, 4.69) is 21.2 Å². The molecule has 1 heterocycles. The molecule has 1 aliphatic heterocycles. The van der Waals surface area contributed by atoms with Crippen LogP contribution in [0, 0.1) is 0 Å². The van der Waals surface area contributed by atoms with Crippen LogP contribution in [0.5, 0.6) is 5.75 Å². The third-order valence-electron chi connectivity index (χ3n) is 2.89. The van der Waals surface area contributed by atoms with Gasteiger partial charge in [0.05, 0.1) is 0 Å². The monoisotopic (exact) mass is 377 g/mol. The molecule has 1 saturated heterocycles. The van der Waals surface area contributed by atoms with Crippen molar-refractivity contribution in [2.45, 2.75) is 11.4 Å². The summed E-state index contributed by atoms with van der Waals surface area (Å²) in [6, 6.07) is 7.64. The highest BCUT2D eigenvalue weighted by atomic mass is 79.9. The lowest BCUT2D eigenvalue weighted by molar-refractivity contribution is 0.106. The molecule has 1 aromatic rings. The van der Waals surface area contributed by atoms with Crippen LogP contribution < -0.4 is 10.1 Å². The summed E-state index contributed by atoms with van der Waals surface area (Å²) in [6.45, 7) is 1.87. The van der Waals surface area contributed by atoms with Crippen molar-refractivity contribution in [3.05, 3.63) is 28.7 Å². The molecule has 2 unspecified atom stereocenters. The summed E-state index contributed by atoms with van der Waals surface area (Å²) in [5.74, 6) is 4.51. The number of hydrogen-bond acceptors (Lipinski definition) is 5. The molecule has 0 aromatic heterocycles. The van der Waals surface area contributed by atoms with Crippen LogP contribution in [0.15, 0.2) is 28.7 Å². The Labute approximate surface area is 137 Å². The number of rotatable bonds is 7. The lowest BCUT2D eigenvalue weighted by atomic mass is 10.3. The maximum Gasteiger partial charge on any atom is 0.119 e. The van der Waals surface area contributed by atoms with E-state index >= 15 is 0 Å². The molecule has 2 rings (SSSR count). The van der Waals surface area contributed by atoms with Gasteiger partial charge in [-0.25, -0.2) is 0 Å². The van der Waals surface area contributed by atoms with Gasteiger partial charge in [-0.05, 0) is 24.3 Å². The van der Waals surface area contributed by atoms with E-state index < -0.39 is 6.10 Å². The molecule has 0 saturated carbocycles. The zero-order valence-electron chi connectivity index (χ0n) is 11.3. The number of aliphatic hydroxyl groups excluding tert-OH is 1. The third-order valence-corrected chi connectivity index (χ3v) is 6.27. The zero-order chi connectivity index (χ0) is 14.2. The van der Waals surface area contributed by atoms with Gasteiger partial charge in [0.1, 0.15) is 18.5 Å². The van der Waals surface area contributed by atoms with Crippen LogP contribution in [0.1, 0.15) is 0 Å². The van der Waals surface area contributed by atoms with Gasteiger partial charge in [-0.1, -0.05) is 15.9 Å². The topological polar surface area (TPSA) is 41.5 Å². The van der Waals surface area contributed by atoms with Crippen molar-refractivity contribution >= 4 is 39.5 Å². The molecule has 3 nitrogen and oxygen atoms in total. The normalized spacial score (nSPS) is 20.6. The number of hydrogen-bond donors (Lipinski definition) is 2. The van der Waals surface area contributed by atoms with Crippen LogP contribution >= 0.6 is 39.5 Å². The number of ether oxygens (including phenoxy) is 1. The molecule has 112 valence electrons. The Kier molecular flexibility index (Phi) is 7.59. The first-order valence-electron chi connectivity index (χ1n) is 6.70. The van der Waals surface area contributed by atoms with E-state index in [9.17, 15) is 5.11 Å². The number of aliphatic hydroxyl groups is 1. The quantitative estimate of drug-likeness (QED) is 0.764. The maximum atomic E-state index is 9.89. The molecular weight excluding hydrogens is 358 g/mol. The van der Waals surface area contributed by atoms with E-state index in [1.165, 1.54) is 17.3 Å². The molecule has 2 N–H and O–H groups in total. The molecular formula is C14H20BrNO2S2. The van der Waals surface area contributed by atoms with E-state index in [4.69, 9.17) is 4.74 Å². The highest BCUT2D eigenvalue weighted by Crippen LogP contribution is 2.23. The standard InChI is InChI=1S/C14H20BrNO2S2/c15-11-1-3-13(4-2-11)18-9-12(17)7-16-8-14-10-19-5-6-20-14/h1-4,12,14,16-17H,5-10H2. The highest BCUT2D eigenvalue weighted by molar-refractivity contribution is 9.10. The molecule has 0 bridgehead atoms. The fourth-order valence-corrected chi connectivity index (χ4v) is 4.76. The SMILES string of the molecule is OC(CNCC1CSCCS1)COc1ccc(Br)cc1. The van der Waals surface area contributed by atoms with E-state index in [1.807, 2.05) is 47.8 Å². The van der Waals surface area contributed by atoms with Gasteiger partial charge in [0.25, 0.3) is 0 Å². The predicted molar refractivity (Wildman–Crippen MR) is 92.1 cm³/mol. The second-order valence-electron chi connectivity index (χ2n) is 4.64. The number of nitrogens with one attached hydrogen (secondary N) is 1. The lowest BCUT2D eigenvalue weighted by Crippen LogP contribution is -2.36. The molecule has 1 aliphatic rings. The lowest BCUT2D eigenvalue weighted by Gasteiger charge is -2.22. The van der Waals surface area contributed by atoms with Gasteiger partial charge in [0.2, 0.25) is 0 Å². The van der Waals surface area contributed by atoms with Gasteiger partial charge in [-0.3, -0.25) is 0 Å². The van der Waals surface area contributed by atoms with Gasteiger partial charge < -0.3 is 15.2 Å². The van der Waals surface area contributed by atoms with Gasteiger partial charge in [-0.15, -0.1) is 0 Å². The van der Waals surface area contributed by atoms with Gasteiger partial charge in [0, 0.05) is 40.1 Å². The average Bonchev–Trinajstić information content (AvgIpc) is 2.48. The third kappa shape index (κ3) is 6.26. The van der Waals surface area contributed by atoms with Crippen molar-refractivity contribution in [2.24, 2.45) is 0 Å². The maximum absolute atomic E-state index is 9.89. The fraction of sp³-hybridized carbons (Fsp3) is 0.571. The molecule has 0 radical (unpaired) electrons. The number of thioether (sulfide) groups is 2. The van der Waals surface area contributed by atoms with Crippen molar-refractivity contribution in [3.8, 4) is 5.75 Å². The van der Waals surface area contributed by atoms with Crippen LogP contribution in [-0.4, -0.2) is 53.4 Å². The zero-order valence-corrected chi connectivity index (χ0v) is 14.5. The Morgan fingerprint density at radius 2 is 2.15 bits per heavy atom. The van der Waals surface area contributed by atoms with Crippen LogP contribution in [0.2, 0.25) is 0 Å². The van der Waals surface area contributed by atoms with Crippen molar-refractivity contribution in [2.75, 3.05) is 37.0 Å². The average molecular weight is 378 g/mol. The molecule has 6 heteroatoms. The van der Waals surface area contributed by atoms with Crippen molar-refractivity contribution in [1.29, 1.82) is 0 Å². The van der Waals surface area contributed by atoms with Gasteiger partial charge >= 0.3 is 0 Å². The summed E-state index contributed by atoms with van der Waals surface area (Å²) in [5, 5.41) is 13.9. The summed E-state index contributed by atoms with van der Waals surface area (Å²) in [6.07, 6.45) is -0.472. The summed E-state index contributed by atoms with van der Waals surface area (Å²) in [5.41, 5.74) is 0. The largest absolute Gasteiger partial charge is 0.491 e. The molecule has 20 heavy (non-hydrogen) atoms. The number of halogens is 1. The Morgan fingerprint density at radius 1 is 1.35 bits per heavy atom. The summed E-state index contributed by atoms with van der Waals surface area (Å²) in [7, 11) is 0. The summed E-state index contributed by atoms with van der Waals surface area (Å²) < 4.78 is 6.57. The van der Waals surface area contributed by atoms with Crippen LogP contribution in [0.3, 0.4) is 0 Å². The fourth-order valence-electron chi connectivity index (χ4n) is 1.85. The second-order valence-corrected chi connectivity index (χ2v) is 8.12. The van der Waals surface area contributed by atoms with Crippen LogP contribution in [0.25, 0.3) is 0 Å². The minimum Gasteiger partial charge on any atom is -0.491 e. The predicted octanol–water partition coefficient (Wildman–Crippen LogP) is 2.63. The molecule has 0 aliphatic carbocycles. The Bertz CT molecular complexity index is 385. The van der Waals surface area contributed by atoms with E-state index in [0.29, 0.717) is 18.4 Å². The highest BCUT2D eigenvalue weighted by Gasteiger charge is 2.14. The van der Waals surface area contributed by atoms with Crippen molar-refractivity contribution in [3.63, 3.8) is 0 Å².